The van der Waals surface area contributed by atoms with Crippen molar-refractivity contribution in [1.29, 1.82) is 0 Å². The lowest BCUT2D eigenvalue weighted by Gasteiger charge is -2.18. The molecule has 0 saturated heterocycles. The van der Waals surface area contributed by atoms with E-state index in [-0.39, 0.29) is 12.5 Å². The zero-order valence-electron chi connectivity index (χ0n) is 17.4. The van der Waals surface area contributed by atoms with Gasteiger partial charge in [-0.1, -0.05) is 13.8 Å². The molecule has 8 heteroatoms. The average Bonchev–Trinajstić information content (AvgIpc) is 2.69. The first-order chi connectivity index (χ1) is 13.7. The number of methoxy groups -OCH3 is 2. The van der Waals surface area contributed by atoms with Crippen molar-refractivity contribution in [2.45, 2.75) is 33.2 Å². The number of hydrogen-bond donors (Lipinski definition) is 2. The van der Waals surface area contributed by atoms with Gasteiger partial charge in [0, 0.05) is 11.5 Å². The SMILES string of the molecule is COC(=O)[C@H](CC(C)C)NC(=O)CNC(=O)c1cc2ccc(OC)cc2nc1C. The van der Waals surface area contributed by atoms with E-state index in [0.717, 1.165) is 5.39 Å². The fourth-order valence-corrected chi connectivity index (χ4v) is 2.93. The van der Waals surface area contributed by atoms with Gasteiger partial charge in [-0.3, -0.25) is 14.6 Å². The Morgan fingerprint density at radius 3 is 2.48 bits per heavy atom. The van der Waals surface area contributed by atoms with Crippen molar-refractivity contribution in [2.75, 3.05) is 20.8 Å². The lowest BCUT2D eigenvalue weighted by Crippen LogP contribution is -2.46. The summed E-state index contributed by atoms with van der Waals surface area (Å²) in [6, 6.07) is 6.37. The van der Waals surface area contributed by atoms with Crippen LogP contribution < -0.4 is 15.4 Å². The molecule has 29 heavy (non-hydrogen) atoms. The van der Waals surface area contributed by atoms with E-state index in [4.69, 9.17) is 9.47 Å². The van der Waals surface area contributed by atoms with Crippen molar-refractivity contribution in [2.24, 2.45) is 5.92 Å². The molecule has 0 radical (unpaired) electrons. The van der Waals surface area contributed by atoms with Gasteiger partial charge < -0.3 is 20.1 Å². The van der Waals surface area contributed by atoms with Gasteiger partial charge in [-0.2, -0.15) is 0 Å². The molecule has 1 heterocycles. The highest BCUT2D eigenvalue weighted by Crippen LogP contribution is 2.21. The molecule has 0 saturated carbocycles. The van der Waals surface area contributed by atoms with Crippen LogP contribution in [0.4, 0.5) is 0 Å². The van der Waals surface area contributed by atoms with Crippen molar-refractivity contribution in [1.82, 2.24) is 15.6 Å². The fourth-order valence-electron chi connectivity index (χ4n) is 2.93. The van der Waals surface area contributed by atoms with Gasteiger partial charge in [0.05, 0.1) is 37.5 Å². The number of hydrogen-bond acceptors (Lipinski definition) is 6. The molecule has 1 aromatic carbocycles. The minimum absolute atomic E-state index is 0.193. The molecule has 156 valence electrons. The summed E-state index contributed by atoms with van der Waals surface area (Å²) in [4.78, 5) is 41.0. The lowest BCUT2D eigenvalue weighted by atomic mass is 10.0. The first-order valence-electron chi connectivity index (χ1n) is 9.36. The van der Waals surface area contributed by atoms with Crippen LogP contribution in [0.1, 0.15) is 36.3 Å². The van der Waals surface area contributed by atoms with E-state index in [1.54, 1.807) is 32.2 Å². The number of nitrogens with one attached hydrogen (secondary N) is 2. The van der Waals surface area contributed by atoms with Gasteiger partial charge >= 0.3 is 5.97 Å². The Labute approximate surface area is 170 Å². The van der Waals surface area contributed by atoms with Crippen LogP contribution in [0.5, 0.6) is 5.75 Å². The van der Waals surface area contributed by atoms with E-state index in [1.807, 2.05) is 19.9 Å². The number of carbonyl (C=O) groups is 3. The number of ether oxygens (including phenoxy) is 2. The van der Waals surface area contributed by atoms with Crippen LogP contribution in [0.15, 0.2) is 24.3 Å². The van der Waals surface area contributed by atoms with Crippen LogP contribution in [0.25, 0.3) is 10.9 Å². The minimum Gasteiger partial charge on any atom is -0.497 e. The summed E-state index contributed by atoms with van der Waals surface area (Å²) >= 11 is 0. The number of carbonyl (C=O) groups excluding carboxylic acids is 3. The molecule has 2 rings (SSSR count). The van der Waals surface area contributed by atoms with Gasteiger partial charge in [0.1, 0.15) is 11.8 Å². The molecule has 2 aromatic rings. The van der Waals surface area contributed by atoms with E-state index in [2.05, 4.69) is 15.6 Å². The maximum absolute atomic E-state index is 12.5. The first-order valence-corrected chi connectivity index (χ1v) is 9.36. The van der Waals surface area contributed by atoms with Crippen LogP contribution in [0.2, 0.25) is 0 Å². The largest absolute Gasteiger partial charge is 0.497 e. The molecule has 0 aliphatic heterocycles. The second-order valence-electron chi connectivity index (χ2n) is 7.14. The number of esters is 1. The van der Waals surface area contributed by atoms with Gasteiger partial charge in [0.2, 0.25) is 5.91 Å². The summed E-state index contributed by atoms with van der Waals surface area (Å²) in [5.41, 5.74) is 1.63. The number of aryl methyl sites for hydroxylation is 1. The molecule has 0 aliphatic carbocycles. The van der Waals surface area contributed by atoms with Gasteiger partial charge in [0.25, 0.3) is 5.91 Å². The average molecular weight is 401 g/mol. The third-order valence-electron chi connectivity index (χ3n) is 4.40. The highest BCUT2D eigenvalue weighted by molar-refractivity contribution is 6.00. The van der Waals surface area contributed by atoms with E-state index in [9.17, 15) is 14.4 Å². The number of amides is 2. The predicted molar refractivity (Wildman–Crippen MR) is 109 cm³/mol. The predicted octanol–water partition coefficient (Wildman–Crippen LogP) is 1.99. The zero-order chi connectivity index (χ0) is 21.6. The van der Waals surface area contributed by atoms with Crippen LogP contribution in [-0.4, -0.2) is 49.6 Å². The van der Waals surface area contributed by atoms with Gasteiger partial charge in [-0.15, -0.1) is 0 Å². The second kappa shape index (κ2) is 9.86. The number of fused-ring (bicyclic) bond motifs is 1. The molecular formula is C21H27N3O5. The molecule has 0 spiro atoms. The molecule has 1 atom stereocenters. The van der Waals surface area contributed by atoms with E-state index in [1.165, 1.54) is 7.11 Å². The standard InChI is InChI=1S/C21H27N3O5/c1-12(2)8-18(21(27)29-5)24-19(25)11-22-20(26)16-9-14-6-7-15(28-4)10-17(14)23-13(16)3/h6-7,9-10,12,18H,8,11H2,1-5H3,(H,22,26)(H,24,25)/t18-/m0/s1. The molecule has 0 aliphatic rings. The van der Waals surface area contributed by atoms with Gasteiger partial charge in [-0.05, 0) is 37.5 Å². The Bertz CT molecular complexity index is 911. The Morgan fingerprint density at radius 2 is 1.86 bits per heavy atom. The number of aromatic nitrogens is 1. The fraction of sp³-hybridized carbons (Fsp3) is 0.429. The molecule has 2 amide bonds. The molecule has 0 bridgehead atoms. The Balaban J connectivity index is 2.05. The summed E-state index contributed by atoms with van der Waals surface area (Å²) in [5, 5.41) is 5.97. The monoisotopic (exact) mass is 401 g/mol. The van der Waals surface area contributed by atoms with Crippen molar-refractivity contribution < 1.29 is 23.9 Å². The summed E-state index contributed by atoms with van der Waals surface area (Å²) < 4.78 is 9.91. The van der Waals surface area contributed by atoms with E-state index in [0.29, 0.717) is 28.9 Å². The Morgan fingerprint density at radius 1 is 1.14 bits per heavy atom. The van der Waals surface area contributed by atoms with Crippen LogP contribution in [0.3, 0.4) is 0 Å². The minimum atomic E-state index is -0.747. The summed E-state index contributed by atoms with van der Waals surface area (Å²) in [5.74, 6) is -0.519. The Hall–Kier alpha value is -3.16. The van der Waals surface area contributed by atoms with Crippen LogP contribution >= 0.6 is 0 Å². The molecule has 0 fully saturated rings. The summed E-state index contributed by atoms with van der Waals surface area (Å²) in [6.07, 6.45) is 0.448. The maximum atomic E-state index is 12.5. The molecular weight excluding hydrogens is 374 g/mol. The number of pyridine rings is 1. The van der Waals surface area contributed by atoms with Crippen molar-refractivity contribution in [3.05, 3.63) is 35.5 Å². The van der Waals surface area contributed by atoms with E-state index < -0.39 is 23.8 Å². The van der Waals surface area contributed by atoms with Gasteiger partial charge in [0.15, 0.2) is 0 Å². The molecule has 8 nitrogen and oxygen atoms in total. The lowest BCUT2D eigenvalue weighted by molar-refractivity contribution is -0.145. The Kier molecular flexibility index (Phi) is 7.52. The highest BCUT2D eigenvalue weighted by atomic mass is 16.5. The van der Waals surface area contributed by atoms with Crippen molar-refractivity contribution in [3.8, 4) is 5.75 Å². The van der Waals surface area contributed by atoms with Gasteiger partial charge in [-0.25, -0.2) is 4.79 Å². The smallest absolute Gasteiger partial charge is 0.328 e. The van der Waals surface area contributed by atoms with Crippen molar-refractivity contribution in [3.63, 3.8) is 0 Å². The molecule has 1 aromatic heterocycles. The normalized spacial score (nSPS) is 11.8. The topological polar surface area (TPSA) is 107 Å². The second-order valence-corrected chi connectivity index (χ2v) is 7.14. The number of nitrogens with zero attached hydrogens (tertiary/aromatic N) is 1. The third-order valence-corrected chi connectivity index (χ3v) is 4.40. The molecule has 0 unspecified atom stereocenters. The summed E-state index contributed by atoms with van der Waals surface area (Å²) in [6.45, 7) is 5.35. The number of benzene rings is 1. The zero-order valence-corrected chi connectivity index (χ0v) is 17.4. The first kappa shape index (κ1) is 22.1. The van der Waals surface area contributed by atoms with Crippen LogP contribution in [0, 0.1) is 12.8 Å². The highest BCUT2D eigenvalue weighted by Gasteiger charge is 2.23. The van der Waals surface area contributed by atoms with Crippen molar-refractivity contribution >= 4 is 28.7 Å². The molecule has 2 N–H and O–H groups in total. The number of rotatable bonds is 8. The van der Waals surface area contributed by atoms with Crippen LogP contribution in [-0.2, 0) is 14.3 Å². The maximum Gasteiger partial charge on any atom is 0.328 e. The third kappa shape index (κ3) is 5.91. The van der Waals surface area contributed by atoms with E-state index >= 15 is 0 Å². The summed E-state index contributed by atoms with van der Waals surface area (Å²) in [7, 11) is 2.85. The quantitative estimate of drug-likeness (QED) is 0.655.